The Bertz CT molecular complexity index is 882. The van der Waals surface area contributed by atoms with Gasteiger partial charge in [0.15, 0.2) is 0 Å². The Balaban J connectivity index is 1.74. The molecule has 1 aromatic heterocycles. The third kappa shape index (κ3) is 4.58. The second-order valence-electron chi connectivity index (χ2n) is 5.25. The van der Waals surface area contributed by atoms with Gasteiger partial charge in [-0.15, -0.1) is 0 Å². The molecule has 2 N–H and O–H groups in total. The summed E-state index contributed by atoms with van der Waals surface area (Å²) in [4.78, 5) is 16.5. The SMILES string of the molecule is COc1cccc(Nc2ccnc(C(=O)Nc3ccc(Br)cc3)c2)c1. The number of nitrogens with one attached hydrogen (secondary N) is 2. The molecule has 0 aliphatic carbocycles. The number of halogens is 1. The van der Waals surface area contributed by atoms with Crippen LogP contribution in [0.25, 0.3) is 0 Å². The summed E-state index contributed by atoms with van der Waals surface area (Å²) < 4.78 is 6.16. The van der Waals surface area contributed by atoms with Crippen LogP contribution in [0, 0.1) is 0 Å². The Morgan fingerprint density at radius 1 is 1.00 bits per heavy atom. The number of carbonyl (C=O) groups excluding carboxylic acids is 1. The number of ether oxygens (including phenoxy) is 1. The highest BCUT2D eigenvalue weighted by atomic mass is 79.9. The molecule has 126 valence electrons. The lowest BCUT2D eigenvalue weighted by atomic mass is 10.2. The number of aromatic nitrogens is 1. The van der Waals surface area contributed by atoms with Crippen LogP contribution in [0.4, 0.5) is 17.1 Å². The average molecular weight is 398 g/mol. The second kappa shape index (κ2) is 7.81. The van der Waals surface area contributed by atoms with E-state index in [0.29, 0.717) is 11.4 Å². The maximum Gasteiger partial charge on any atom is 0.274 e. The molecule has 5 nitrogen and oxygen atoms in total. The standard InChI is InChI=1S/C19H16BrN3O2/c1-25-17-4-2-3-15(11-17)22-16-9-10-21-18(12-16)19(24)23-14-7-5-13(20)6-8-14/h2-12H,1H3,(H,21,22)(H,23,24). The van der Waals surface area contributed by atoms with Gasteiger partial charge in [-0.3, -0.25) is 9.78 Å². The zero-order valence-corrected chi connectivity index (χ0v) is 15.1. The highest BCUT2D eigenvalue weighted by Gasteiger charge is 2.09. The fourth-order valence-corrected chi connectivity index (χ4v) is 2.49. The van der Waals surface area contributed by atoms with Crippen LogP contribution in [0.2, 0.25) is 0 Å². The summed E-state index contributed by atoms with van der Waals surface area (Å²) in [5, 5.41) is 6.06. The Morgan fingerprint density at radius 2 is 1.76 bits per heavy atom. The normalized spacial score (nSPS) is 10.2. The summed E-state index contributed by atoms with van der Waals surface area (Å²) in [5.74, 6) is 0.490. The molecule has 0 aliphatic rings. The van der Waals surface area contributed by atoms with Gasteiger partial charge in [0.25, 0.3) is 5.91 Å². The van der Waals surface area contributed by atoms with E-state index in [-0.39, 0.29) is 5.91 Å². The molecule has 0 fully saturated rings. The number of amides is 1. The first kappa shape index (κ1) is 17.0. The smallest absolute Gasteiger partial charge is 0.274 e. The fraction of sp³-hybridized carbons (Fsp3) is 0.0526. The molecule has 2 aromatic carbocycles. The van der Waals surface area contributed by atoms with Gasteiger partial charge in [0.05, 0.1) is 7.11 Å². The summed E-state index contributed by atoms with van der Waals surface area (Å²) in [7, 11) is 1.62. The number of hydrogen-bond acceptors (Lipinski definition) is 4. The van der Waals surface area contributed by atoms with Crippen molar-refractivity contribution in [3.8, 4) is 5.75 Å². The molecule has 0 unspecified atom stereocenters. The second-order valence-corrected chi connectivity index (χ2v) is 6.16. The minimum atomic E-state index is -0.267. The molecule has 0 radical (unpaired) electrons. The van der Waals surface area contributed by atoms with E-state index in [1.54, 1.807) is 25.4 Å². The Morgan fingerprint density at radius 3 is 2.52 bits per heavy atom. The molecule has 0 aliphatic heterocycles. The van der Waals surface area contributed by atoms with E-state index in [1.165, 1.54) is 0 Å². The van der Waals surface area contributed by atoms with Crippen LogP contribution in [0.3, 0.4) is 0 Å². The van der Waals surface area contributed by atoms with Gasteiger partial charge in [0.2, 0.25) is 0 Å². The first-order valence-electron chi connectivity index (χ1n) is 7.58. The van der Waals surface area contributed by atoms with Crippen LogP contribution in [0.15, 0.2) is 71.3 Å². The molecule has 0 saturated heterocycles. The van der Waals surface area contributed by atoms with Crippen LogP contribution in [-0.2, 0) is 0 Å². The van der Waals surface area contributed by atoms with Crippen molar-refractivity contribution < 1.29 is 9.53 Å². The van der Waals surface area contributed by atoms with Gasteiger partial charge in [-0.2, -0.15) is 0 Å². The molecule has 25 heavy (non-hydrogen) atoms. The van der Waals surface area contributed by atoms with Crippen molar-refractivity contribution in [2.75, 3.05) is 17.7 Å². The molecule has 1 heterocycles. The van der Waals surface area contributed by atoms with Crippen molar-refractivity contribution in [3.05, 3.63) is 77.0 Å². The van der Waals surface area contributed by atoms with E-state index >= 15 is 0 Å². The van der Waals surface area contributed by atoms with Gasteiger partial charge in [-0.25, -0.2) is 0 Å². The molecular formula is C19H16BrN3O2. The van der Waals surface area contributed by atoms with Crippen molar-refractivity contribution >= 4 is 38.9 Å². The molecule has 0 saturated carbocycles. The highest BCUT2D eigenvalue weighted by Crippen LogP contribution is 2.22. The summed E-state index contributed by atoms with van der Waals surface area (Å²) in [6.07, 6.45) is 1.60. The van der Waals surface area contributed by atoms with Crippen LogP contribution >= 0.6 is 15.9 Å². The van der Waals surface area contributed by atoms with E-state index < -0.39 is 0 Å². The zero-order chi connectivity index (χ0) is 17.6. The minimum Gasteiger partial charge on any atom is -0.497 e. The van der Waals surface area contributed by atoms with Gasteiger partial charge in [-0.1, -0.05) is 22.0 Å². The van der Waals surface area contributed by atoms with E-state index in [4.69, 9.17) is 4.74 Å². The lowest BCUT2D eigenvalue weighted by Gasteiger charge is -2.09. The third-order valence-corrected chi connectivity index (χ3v) is 3.98. The number of rotatable bonds is 5. The molecule has 1 amide bonds. The fourth-order valence-electron chi connectivity index (χ4n) is 2.23. The average Bonchev–Trinajstić information content (AvgIpc) is 2.64. The molecule has 0 spiro atoms. The van der Waals surface area contributed by atoms with E-state index in [2.05, 4.69) is 31.5 Å². The van der Waals surface area contributed by atoms with Crippen molar-refractivity contribution in [1.82, 2.24) is 4.98 Å². The maximum absolute atomic E-state index is 12.4. The molecule has 0 bridgehead atoms. The van der Waals surface area contributed by atoms with Gasteiger partial charge in [-0.05, 0) is 48.5 Å². The summed E-state index contributed by atoms with van der Waals surface area (Å²) in [6, 6.07) is 18.4. The number of carbonyl (C=O) groups is 1. The summed E-state index contributed by atoms with van der Waals surface area (Å²) in [5.41, 5.74) is 2.67. The van der Waals surface area contributed by atoms with E-state index in [1.807, 2.05) is 48.5 Å². The topological polar surface area (TPSA) is 63.2 Å². The monoisotopic (exact) mass is 397 g/mol. The lowest BCUT2D eigenvalue weighted by molar-refractivity contribution is 0.102. The van der Waals surface area contributed by atoms with Crippen LogP contribution in [0.5, 0.6) is 5.75 Å². The quantitative estimate of drug-likeness (QED) is 0.645. The summed E-state index contributed by atoms with van der Waals surface area (Å²) >= 11 is 3.37. The zero-order valence-electron chi connectivity index (χ0n) is 13.5. The maximum atomic E-state index is 12.4. The number of methoxy groups -OCH3 is 1. The number of pyridine rings is 1. The lowest BCUT2D eigenvalue weighted by Crippen LogP contribution is -2.13. The molecule has 0 atom stereocenters. The van der Waals surface area contributed by atoms with Crippen molar-refractivity contribution in [3.63, 3.8) is 0 Å². The van der Waals surface area contributed by atoms with Gasteiger partial charge >= 0.3 is 0 Å². The van der Waals surface area contributed by atoms with Crippen molar-refractivity contribution in [1.29, 1.82) is 0 Å². The van der Waals surface area contributed by atoms with Crippen LogP contribution < -0.4 is 15.4 Å². The van der Waals surface area contributed by atoms with Gasteiger partial charge < -0.3 is 15.4 Å². The number of nitrogens with zero attached hydrogens (tertiary/aromatic N) is 1. The third-order valence-electron chi connectivity index (χ3n) is 3.45. The summed E-state index contributed by atoms with van der Waals surface area (Å²) in [6.45, 7) is 0. The minimum absolute atomic E-state index is 0.267. The van der Waals surface area contributed by atoms with Crippen LogP contribution in [0.1, 0.15) is 10.5 Å². The Kier molecular flexibility index (Phi) is 5.30. The molecular weight excluding hydrogens is 382 g/mol. The predicted octanol–water partition coefficient (Wildman–Crippen LogP) is 4.85. The van der Waals surface area contributed by atoms with Crippen molar-refractivity contribution in [2.45, 2.75) is 0 Å². The first-order valence-corrected chi connectivity index (χ1v) is 8.37. The first-order chi connectivity index (χ1) is 12.1. The largest absolute Gasteiger partial charge is 0.497 e. The van der Waals surface area contributed by atoms with Crippen molar-refractivity contribution in [2.24, 2.45) is 0 Å². The van der Waals surface area contributed by atoms with Crippen LogP contribution in [-0.4, -0.2) is 18.0 Å². The number of hydrogen-bond donors (Lipinski definition) is 2. The molecule has 3 aromatic rings. The number of anilines is 3. The Labute approximate surface area is 154 Å². The Hall–Kier alpha value is -2.86. The molecule has 6 heteroatoms. The van der Waals surface area contributed by atoms with E-state index in [9.17, 15) is 4.79 Å². The molecule has 3 rings (SSSR count). The van der Waals surface area contributed by atoms with E-state index in [0.717, 1.165) is 21.6 Å². The van der Waals surface area contributed by atoms with Gasteiger partial charge in [0.1, 0.15) is 11.4 Å². The highest BCUT2D eigenvalue weighted by molar-refractivity contribution is 9.10. The predicted molar refractivity (Wildman–Crippen MR) is 103 cm³/mol. The number of benzene rings is 2. The van der Waals surface area contributed by atoms with Gasteiger partial charge in [0, 0.05) is 33.8 Å².